The van der Waals surface area contributed by atoms with Crippen molar-refractivity contribution in [2.75, 3.05) is 19.6 Å². The van der Waals surface area contributed by atoms with Crippen molar-refractivity contribution in [3.8, 4) is 0 Å². The van der Waals surface area contributed by atoms with Gasteiger partial charge >= 0.3 is 0 Å². The number of nitrogens with zero attached hydrogens (tertiary/aromatic N) is 1. The van der Waals surface area contributed by atoms with E-state index in [0.717, 1.165) is 38.0 Å². The summed E-state index contributed by atoms with van der Waals surface area (Å²) in [5.74, 6) is 0.113. The Hall–Kier alpha value is -0.770. The number of hydrogen-bond acceptors (Lipinski definition) is 2. The fraction of sp³-hybridized carbons (Fsp3) is 0.500. The minimum Gasteiger partial charge on any atom is -0.334 e. The van der Waals surface area contributed by atoms with Gasteiger partial charge in [-0.15, -0.1) is 12.4 Å². The number of halogens is 2. The highest BCUT2D eigenvalue weighted by molar-refractivity contribution is 6.30. The van der Waals surface area contributed by atoms with Crippen molar-refractivity contribution in [1.82, 2.24) is 10.2 Å². The van der Waals surface area contributed by atoms with Crippen LogP contribution in [-0.4, -0.2) is 36.5 Å². The molecule has 1 heterocycles. The van der Waals surface area contributed by atoms with Crippen LogP contribution in [0.5, 0.6) is 0 Å². The van der Waals surface area contributed by atoms with Crippen molar-refractivity contribution in [1.29, 1.82) is 0 Å². The zero-order chi connectivity index (χ0) is 13.0. The Balaban J connectivity index is 0.00000180. The van der Waals surface area contributed by atoms with Gasteiger partial charge in [-0.1, -0.05) is 18.5 Å². The van der Waals surface area contributed by atoms with E-state index in [9.17, 15) is 4.79 Å². The molecule has 0 aliphatic carbocycles. The second kappa shape index (κ2) is 7.73. The summed E-state index contributed by atoms with van der Waals surface area (Å²) < 4.78 is 0. The van der Waals surface area contributed by atoms with E-state index in [1.807, 2.05) is 4.90 Å². The first-order valence-corrected chi connectivity index (χ1v) is 6.87. The fourth-order valence-corrected chi connectivity index (χ4v) is 2.48. The van der Waals surface area contributed by atoms with Crippen LogP contribution in [0.1, 0.15) is 30.1 Å². The van der Waals surface area contributed by atoms with Crippen LogP contribution in [0.4, 0.5) is 0 Å². The number of hydrogen-bond donors (Lipinski definition) is 1. The van der Waals surface area contributed by atoms with Crippen LogP contribution in [-0.2, 0) is 0 Å². The molecule has 3 nitrogen and oxygen atoms in total. The van der Waals surface area contributed by atoms with Crippen LogP contribution < -0.4 is 5.32 Å². The molecule has 1 atom stereocenters. The molecule has 0 bridgehead atoms. The Morgan fingerprint density at radius 2 is 2.11 bits per heavy atom. The highest BCUT2D eigenvalue weighted by Gasteiger charge is 2.26. The van der Waals surface area contributed by atoms with Crippen molar-refractivity contribution >= 4 is 29.9 Å². The highest BCUT2D eigenvalue weighted by atomic mass is 35.5. The maximum Gasteiger partial charge on any atom is 0.254 e. The summed E-state index contributed by atoms with van der Waals surface area (Å²) in [7, 11) is 0. The van der Waals surface area contributed by atoms with E-state index in [1.165, 1.54) is 0 Å². The minimum absolute atomic E-state index is 0. The average Bonchev–Trinajstić information content (AvgIpc) is 2.90. The van der Waals surface area contributed by atoms with E-state index in [0.29, 0.717) is 11.1 Å². The molecule has 1 N–H and O–H groups in total. The molecule has 1 fully saturated rings. The summed E-state index contributed by atoms with van der Waals surface area (Å²) in [6, 6.07) is 7.47. The Bertz CT molecular complexity index is 402. The predicted octanol–water partition coefficient (Wildman–Crippen LogP) is 2.98. The molecule has 1 amide bonds. The Morgan fingerprint density at radius 1 is 1.42 bits per heavy atom. The molecule has 1 aromatic carbocycles. The van der Waals surface area contributed by atoms with Gasteiger partial charge in [-0.25, -0.2) is 0 Å². The summed E-state index contributed by atoms with van der Waals surface area (Å²) in [5.41, 5.74) is 0.722. The van der Waals surface area contributed by atoms with Crippen LogP contribution in [0.2, 0.25) is 5.02 Å². The molecule has 0 spiro atoms. The highest BCUT2D eigenvalue weighted by Crippen LogP contribution is 2.16. The molecule has 1 aromatic rings. The van der Waals surface area contributed by atoms with Gasteiger partial charge in [0.15, 0.2) is 0 Å². The standard InChI is InChI=1S/C14H19ClN2O.ClH/c1-2-9-17(13-7-8-16-10-13)14(18)11-3-5-12(15)6-4-11;/h3-6,13,16H,2,7-10H2,1H3;1H. The van der Waals surface area contributed by atoms with Gasteiger partial charge in [-0.2, -0.15) is 0 Å². The number of carbonyl (C=O) groups excluding carboxylic acids is 1. The molecule has 1 aliphatic rings. The maximum absolute atomic E-state index is 12.5. The van der Waals surface area contributed by atoms with Gasteiger partial charge in [0.2, 0.25) is 0 Å². The lowest BCUT2D eigenvalue weighted by molar-refractivity contribution is 0.0692. The monoisotopic (exact) mass is 302 g/mol. The van der Waals surface area contributed by atoms with E-state index in [2.05, 4.69) is 12.2 Å². The lowest BCUT2D eigenvalue weighted by Gasteiger charge is -2.28. The lowest BCUT2D eigenvalue weighted by Crippen LogP contribution is -2.42. The Morgan fingerprint density at radius 3 is 2.63 bits per heavy atom. The first kappa shape index (κ1) is 16.3. The molecule has 0 radical (unpaired) electrons. The number of carbonyl (C=O) groups is 1. The smallest absolute Gasteiger partial charge is 0.254 e. The van der Waals surface area contributed by atoms with Gasteiger partial charge in [0.25, 0.3) is 5.91 Å². The lowest BCUT2D eigenvalue weighted by atomic mass is 10.1. The summed E-state index contributed by atoms with van der Waals surface area (Å²) in [6.45, 7) is 4.82. The van der Waals surface area contributed by atoms with Gasteiger partial charge in [-0.3, -0.25) is 4.79 Å². The van der Waals surface area contributed by atoms with Gasteiger partial charge in [0.1, 0.15) is 0 Å². The predicted molar refractivity (Wildman–Crippen MR) is 81.3 cm³/mol. The third-order valence-corrected chi connectivity index (χ3v) is 3.54. The first-order chi connectivity index (χ1) is 8.72. The van der Waals surface area contributed by atoms with E-state index in [1.54, 1.807) is 24.3 Å². The van der Waals surface area contributed by atoms with Crippen LogP contribution in [0.3, 0.4) is 0 Å². The van der Waals surface area contributed by atoms with Crippen LogP contribution >= 0.6 is 24.0 Å². The summed E-state index contributed by atoms with van der Waals surface area (Å²) in [6.07, 6.45) is 2.02. The molecular weight excluding hydrogens is 283 g/mol. The van der Waals surface area contributed by atoms with Crippen LogP contribution in [0.25, 0.3) is 0 Å². The van der Waals surface area contributed by atoms with E-state index in [4.69, 9.17) is 11.6 Å². The van der Waals surface area contributed by atoms with Gasteiger partial charge in [-0.05, 0) is 43.7 Å². The molecule has 1 unspecified atom stereocenters. The molecule has 1 saturated heterocycles. The topological polar surface area (TPSA) is 32.3 Å². The zero-order valence-corrected chi connectivity index (χ0v) is 12.6. The van der Waals surface area contributed by atoms with E-state index >= 15 is 0 Å². The minimum atomic E-state index is 0. The van der Waals surface area contributed by atoms with Crippen molar-refractivity contribution in [3.63, 3.8) is 0 Å². The second-order valence-corrected chi connectivity index (χ2v) is 5.09. The third kappa shape index (κ3) is 4.10. The van der Waals surface area contributed by atoms with Crippen molar-refractivity contribution in [2.45, 2.75) is 25.8 Å². The quantitative estimate of drug-likeness (QED) is 0.927. The summed E-state index contributed by atoms with van der Waals surface area (Å²) in [5, 5.41) is 3.97. The van der Waals surface area contributed by atoms with Crippen LogP contribution in [0.15, 0.2) is 24.3 Å². The first-order valence-electron chi connectivity index (χ1n) is 6.49. The third-order valence-electron chi connectivity index (χ3n) is 3.29. The summed E-state index contributed by atoms with van der Waals surface area (Å²) >= 11 is 5.85. The molecular formula is C14H20Cl2N2O. The molecule has 106 valence electrons. The number of rotatable bonds is 4. The average molecular weight is 303 g/mol. The summed E-state index contributed by atoms with van der Waals surface area (Å²) in [4.78, 5) is 14.5. The molecule has 19 heavy (non-hydrogen) atoms. The largest absolute Gasteiger partial charge is 0.334 e. The normalized spacial score (nSPS) is 17.9. The maximum atomic E-state index is 12.5. The molecule has 0 aromatic heterocycles. The SMILES string of the molecule is CCCN(C(=O)c1ccc(Cl)cc1)C1CCNC1.Cl. The Labute approximate surface area is 125 Å². The number of nitrogens with one attached hydrogen (secondary N) is 1. The zero-order valence-electron chi connectivity index (χ0n) is 11.1. The second-order valence-electron chi connectivity index (χ2n) is 4.65. The van der Waals surface area contributed by atoms with E-state index in [-0.39, 0.29) is 18.3 Å². The molecule has 1 aliphatic heterocycles. The number of amides is 1. The van der Waals surface area contributed by atoms with Crippen LogP contribution in [0, 0.1) is 0 Å². The van der Waals surface area contributed by atoms with Gasteiger partial charge in [0, 0.05) is 29.7 Å². The molecule has 5 heteroatoms. The molecule has 2 rings (SSSR count). The number of benzene rings is 1. The van der Waals surface area contributed by atoms with E-state index < -0.39 is 0 Å². The van der Waals surface area contributed by atoms with Gasteiger partial charge < -0.3 is 10.2 Å². The molecule has 0 saturated carbocycles. The van der Waals surface area contributed by atoms with Gasteiger partial charge in [0.05, 0.1) is 0 Å². The Kier molecular flexibility index (Phi) is 6.63. The van der Waals surface area contributed by atoms with Crippen molar-refractivity contribution in [2.24, 2.45) is 0 Å². The van der Waals surface area contributed by atoms with Crippen molar-refractivity contribution in [3.05, 3.63) is 34.9 Å². The van der Waals surface area contributed by atoms with Crippen molar-refractivity contribution < 1.29 is 4.79 Å². The fourth-order valence-electron chi connectivity index (χ4n) is 2.35.